The normalized spacial score (nSPS) is 13.3. The second kappa shape index (κ2) is 11.5. The highest BCUT2D eigenvalue weighted by molar-refractivity contribution is 6.06. The van der Waals surface area contributed by atoms with E-state index in [-0.39, 0.29) is 17.0 Å². The van der Waals surface area contributed by atoms with Crippen molar-refractivity contribution in [1.29, 1.82) is 0 Å². The summed E-state index contributed by atoms with van der Waals surface area (Å²) in [5, 5.41) is 24.4. The van der Waals surface area contributed by atoms with E-state index < -0.39 is 11.9 Å². The number of aromatic carboxylic acids is 1. The van der Waals surface area contributed by atoms with Gasteiger partial charge in [-0.05, 0) is 61.8 Å². The first-order valence-corrected chi connectivity index (χ1v) is 9.40. The van der Waals surface area contributed by atoms with Crippen LogP contribution in [0, 0.1) is 0 Å². The average molecular weight is 398 g/mol. The molecule has 0 unspecified atom stereocenters. The number of rotatable bonds is 5. The maximum Gasteiger partial charge on any atom is 0.337 e. The van der Waals surface area contributed by atoms with Crippen LogP contribution in [0.5, 0.6) is 11.5 Å². The standard InChI is InChI=1S/C17H15NO5.C5H11N/c1-23-15-10-11(6-8-14(15)19)7-9-16(20)18-13-5-3-2-4-12(13)17(21)22;1-2-4-6-5-3-1/h2-10,19H,1H3,(H,18,20)(H,21,22);6H,1-5H2/b9-7+;. The molecule has 0 bridgehead atoms. The van der Waals surface area contributed by atoms with E-state index in [4.69, 9.17) is 9.84 Å². The zero-order chi connectivity index (χ0) is 21.1. The van der Waals surface area contributed by atoms with Crippen LogP contribution < -0.4 is 15.4 Å². The number of hydrogen-bond acceptors (Lipinski definition) is 5. The topological polar surface area (TPSA) is 108 Å². The maximum absolute atomic E-state index is 11.9. The molecule has 154 valence electrons. The molecule has 7 heteroatoms. The van der Waals surface area contributed by atoms with Gasteiger partial charge in [0.25, 0.3) is 0 Å². The van der Waals surface area contributed by atoms with Gasteiger partial charge in [0.15, 0.2) is 11.5 Å². The molecule has 1 amide bonds. The predicted octanol–water partition coefficient (Wildman–Crippen LogP) is 3.51. The van der Waals surface area contributed by atoms with Gasteiger partial charge in [-0.1, -0.05) is 24.6 Å². The minimum absolute atomic E-state index is 0.00415. The molecule has 2 aromatic carbocycles. The molecule has 1 fully saturated rings. The van der Waals surface area contributed by atoms with Gasteiger partial charge in [0.2, 0.25) is 5.91 Å². The number of phenolic OH excluding ortho intramolecular Hbond substituents is 1. The van der Waals surface area contributed by atoms with Crippen molar-refractivity contribution in [3.63, 3.8) is 0 Å². The molecule has 0 atom stereocenters. The zero-order valence-corrected chi connectivity index (χ0v) is 16.4. The van der Waals surface area contributed by atoms with Crippen LogP contribution in [0.2, 0.25) is 0 Å². The fourth-order valence-corrected chi connectivity index (χ4v) is 2.72. The molecule has 4 N–H and O–H groups in total. The van der Waals surface area contributed by atoms with Gasteiger partial charge in [-0.2, -0.15) is 0 Å². The fraction of sp³-hybridized carbons (Fsp3) is 0.273. The van der Waals surface area contributed by atoms with Gasteiger partial charge in [0.05, 0.1) is 18.4 Å². The smallest absolute Gasteiger partial charge is 0.337 e. The van der Waals surface area contributed by atoms with Crippen LogP contribution in [0.4, 0.5) is 5.69 Å². The second-order valence-corrected chi connectivity index (χ2v) is 6.42. The van der Waals surface area contributed by atoms with Gasteiger partial charge in [-0.3, -0.25) is 4.79 Å². The molecule has 0 saturated carbocycles. The Hall–Kier alpha value is -3.32. The molecule has 2 aromatic rings. The summed E-state index contributed by atoms with van der Waals surface area (Å²) in [6.07, 6.45) is 7.01. The molecule has 0 radical (unpaired) electrons. The first-order chi connectivity index (χ1) is 14.0. The van der Waals surface area contributed by atoms with Crippen LogP contribution in [0.25, 0.3) is 6.08 Å². The van der Waals surface area contributed by atoms with Crippen LogP contribution in [0.1, 0.15) is 35.2 Å². The maximum atomic E-state index is 11.9. The highest BCUT2D eigenvalue weighted by atomic mass is 16.5. The first-order valence-electron chi connectivity index (χ1n) is 9.40. The van der Waals surface area contributed by atoms with Gasteiger partial charge in [0.1, 0.15) is 0 Å². The van der Waals surface area contributed by atoms with Crippen molar-refractivity contribution in [2.45, 2.75) is 19.3 Å². The molecule has 0 aliphatic carbocycles. The van der Waals surface area contributed by atoms with E-state index in [0.717, 1.165) is 0 Å². The van der Waals surface area contributed by atoms with Crippen molar-refractivity contribution in [2.75, 3.05) is 25.5 Å². The van der Waals surface area contributed by atoms with E-state index in [2.05, 4.69) is 10.6 Å². The van der Waals surface area contributed by atoms with Gasteiger partial charge in [0, 0.05) is 6.08 Å². The van der Waals surface area contributed by atoms with E-state index in [1.165, 1.54) is 69.8 Å². The second-order valence-electron chi connectivity index (χ2n) is 6.42. The number of piperidine rings is 1. The molecule has 1 aliphatic rings. The lowest BCUT2D eigenvalue weighted by Gasteiger charge is -2.08. The van der Waals surface area contributed by atoms with Gasteiger partial charge >= 0.3 is 5.97 Å². The largest absolute Gasteiger partial charge is 0.504 e. The number of methoxy groups -OCH3 is 1. The summed E-state index contributed by atoms with van der Waals surface area (Å²) >= 11 is 0. The quantitative estimate of drug-likeness (QED) is 0.574. The van der Waals surface area contributed by atoms with E-state index in [1.54, 1.807) is 24.3 Å². The Kier molecular flexibility index (Phi) is 8.72. The fourth-order valence-electron chi connectivity index (χ4n) is 2.72. The van der Waals surface area contributed by atoms with Crippen molar-refractivity contribution in [3.8, 4) is 11.5 Å². The Labute approximate surface area is 170 Å². The van der Waals surface area contributed by atoms with E-state index in [1.807, 2.05) is 0 Å². The number of carboxylic acid groups (broad SMARTS) is 1. The van der Waals surface area contributed by atoms with Gasteiger partial charge < -0.3 is 25.6 Å². The molecule has 0 spiro atoms. The summed E-state index contributed by atoms with van der Waals surface area (Å²) in [7, 11) is 1.43. The lowest BCUT2D eigenvalue weighted by atomic mass is 10.1. The van der Waals surface area contributed by atoms with Gasteiger partial charge in [-0.25, -0.2) is 4.79 Å². The third kappa shape index (κ3) is 7.31. The van der Waals surface area contributed by atoms with E-state index in [0.29, 0.717) is 11.3 Å². The number of carbonyl (C=O) groups excluding carboxylic acids is 1. The van der Waals surface area contributed by atoms with E-state index in [9.17, 15) is 14.7 Å². The monoisotopic (exact) mass is 398 g/mol. The number of anilines is 1. The summed E-state index contributed by atoms with van der Waals surface area (Å²) in [6.45, 7) is 2.50. The minimum Gasteiger partial charge on any atom is -0.504 e. The van der Waals surface area contributed by atoms with Crippen molar-refractivity contribution in [1.82, 2.24) is 5.32 Å². The highest BCUT2D eigenvalue weighted by Crippen LogP contribution is 2.26. The van der Waals surface area contributed by atoms with Crippen LogP contribution in [-0.4, -0.2) is 42.3 Å². The SMILES string of the molecule is C1CCNCC1.COc1cc(/C=C/C(=O)Nc2ccccc2C(=O)O)ccc1O. The number of aromatic hydroxyl groups is 1. The summed E-state index contributed by atoms with van der Waals surface area (Å²) in [4.78, 5) is 23.0. The number of benzene rings is 2. The Balaban J connectivity index is 0.000000426. The molecule has 7 nitrogen and oxygen atoms in total. The molecule has 29 heavy (non-hydrogen) atoms. The third-order valence-corrected chi connectivity index (χ3v) is 4.25. The third-order valence-electron chi connectivity index (χ3n) is 4.25. The molecule has 1 saturated heterocycles. The summed E-state index contributed by atoms with van der Waals surface area (Å²) < 4.78 is 4.98. The summed E-state index contributed by atoms with van der Waals surface area (Å²) in [5.74, 6) is -1.29. The molecule has 3 rings (SSSR count). The first kappa shape index (κ1) is 22.0. The van der Waals surface area contributed by atoms with Crippen molar-refractivity contribution >= 4 is 23.6 Å². The number of ether oxygens (including phenoxy) is 1. The van der Waals surface area contributed by atoms with Gasteiger partial charge in [-0.15, -0.1) is 0 Å². The molecule has 1 heterocycles. The molecular formula is C22H26N2O5. The molecular weight excluding hydrogens is 372 g/mol. The number of hydrogen-bond donors (Lipinski definition) is 4. The lowest BCUT2D eigenvalue weighted by molar-refractivity contribution is -0.111. The Bertz CT molecular complexity index is 849. The Morgan fingerprint density at radius 3 is 2.41 bits per heavy atom. The minimum atomic E-state index is -1.12. The number of para-hydroxylation sites is 1. The number of nitrogens with one attached hydrogen (secondary N) is 2. The van der Waals surface area contributed by atoms with Crippen LogP contribution >= 0.6 is 0 Å². The van der Waals surface area contributed by atoms with Crippen molar-refractivity contribution < 1.29 is 24.5 Å². The number of amides is 1. The summed E-state index contributed by atoms with van der Waals surface area (Å²) in [5.41, 5.74) is 0.889. The highest BCUT2D eigenvalue weighted by Gasteiger charge is 2.10. The lowest BCUT2D eigenvalue weighted by Crippen LogP contribution is -2.21. The zero-order valence-electron chi connectivity index (χ0n) is 16.4. The number of carbonyl (C=O) groups is 2. The number of carboxylic acids is 1. The Morgan fingerprint density at radius 1 is 1.10 bits per heavy atom. The van der Waals surface area contributed by atoms with E-state index >= 15 is 0 Å². The van der Waals surface area contributed by atoms with Crippen molar-refractivity contribution in [2.24, 2.45) is 0 Å². The molecule has 0 aromatic heterocycles. The molecule has 1 aliphatic heterocycles. The van der Waals surface area contributed by atoms with Crippen LogP contribution in [-0.2, 0) is 4.79 Å². The number of phenols is 1. The average Bonchev–Trinajstić information content (AvgIpc) is 2.75. The van der Waals surface area contributed by atoms with Crippen molar-refractivity contribution in [3.05, 3.63) is 59.7 Å². The van der Waals surface area contributed by atoms with Crippen LogP contribution in [0.3, 0.4) is 0 Å². The predicted molar refractivity (Wildman–Crippen MR) is 112 cm³/mol. The Morgan fingerprint density at radius 2 is 1.83 bits per heavy atom. The summed E-state index contributed by atoms with van der Waals surface area (Å²) in [6, 6.07) is 10.8. The van der Waals surface area contributed by atoms with Crippen LogP contribution in [0.15, 0.2) is 48.5 Å².